The Morgan fingerprint density at radius 1 is 1.41 bits per heavy atom. The average Bonchev–Trinajstić information content (AvgIpc) is 3.20. The van der Waals surface area contributed by atoms with Gasteiger partial charge in [0.15, 0.2) is 11.6 Å². The number of hydrogen-bond acceptors (Lipinski definition) is 7. The third kappa shape index (κ3) is 1.25. The number of carbonyl (C=O) groups is 1. The minimum Gasteiger partial charge on any atom is -0.396 e. The van der Waals surface area contributed by atoms with Crippen LogP contribution in [0.4, 0.5) is 0 Å². The first-order chi connectivity index (χ1) is 10.2. The number of rotatable bonds is 1. The Balaban J connectivity index is 1.97. The number of fused-ring (bicyclic) bond motifs is 2. The molecule has 22 heavy (non-hydrogen) atoms. The highest BCUT2D eigenvalue weighted by Gasteiger charge is 2.86. The van der Waals surface area contributed by atoms with Crippen LogP contribution < -0.4 is 0 Å². The predicted molar refractivity (Wildman–Crippen MR) is 71.5 cm³/mol. The fourth-order valence-electron chi connectivity index (χ4n) is 5.09. The van der Waals surface area contributed by atoms with Gasteiger partial charge in [0.2, 0.25) is 0 Å². The molecule has 2 bridgehead atoms. The van der Waals surface area contributed by atoms with Crippen LogP contribution in [-0.2, 0) is 14.3 Å². The van der Waals surface area contributed by atoms with Gasteiger partial charge >= 0.3 is 0 Å². The molecule has 7 nitrogen and oxygen atoms in total. The van der Waals surface area contributed by atoms with E-state index in [0.717, 1.165) is 0 Å². The van der Waals surface area contributed by atoms with E-state index in [1.807, 2.05) is 0 Å². The molecule has 2 saturated heterocycles. The molecular formula is C15H20O7. The second kappa shape index (κ2) is 3.80. The van der Waals surface area contributed by atoms with Crippen molar-refractivity contribution in [2.45, 2.75) is 50.0 Å². The molecule has 4 aliphatic rings. The molecule has 122 valence electrons. The Morgan fingerprint density at radius 2 is 2.05 bits per heavy atom. The molecule has 0 unspecified atom stereocenters. The van der Waals surface area contributed by atoms with Crippen LogP contribution >= 0.6 is 0 Å². The molecule has 2 aliphatic carbocycles. The topological polar surface area (TPSA) is 120 Å². The maximum atomic E-state index is 12.3. The van der Waals surface area contributed by atoms with E-state index in [4.69, 9.17) is 9.47 Å². The van der Waals surface area contributed by atoms with Crippen molar-refractivity contribution in [1.29, 1.82) is 0 Å². The normalized spacial score (nSPS) is 55.1. The van der Waals surface area contributed by atoms with E-state index in [0.29, 0.717) is 5.57 Å². The van der Waals surface area contributed by atoms with Crippen molar-refractivity contribution in [3.63, 3.8) is 0 Å². The van der Waals surface area contributed by atoms with Crippen molar-refractivity contribution in [2.24, 2.45) is 10.8 Å². The first kappa shape index (κ1) is 14.7. The Hall–Kier alpha value is -0.830. The summed E-state index contributed by atoms with van der Waals surface area (Å²) in [5, 5.41) is 41.5. The summed E-state index contributed by atoms with van der Waals surface area (Å²) in [6, 6.07) is 0. The van der Waals surface area contributed by atoms with E-state index >= 15 is 0 Å². The maximum absolute atomic E-state index is 12.3. The molecule has 1 spiro atoms. The second-order valence-corrected chi connectivity index (χ2v) is 7.32. The molecule has 0 aromatic heterocycles. The minimum atomic E-state index is -2.13. The maximum Gasteiger partial charge on any atom is 0.193 e. The molecule has 2 heterocycles. The zero-order valence-corrected chi connectivity index (χ0v) is 12.4. The monoisotopic (exact) mass is 312 g/mol. The van der Waals surface area contributed by atoms with Gasteiger partial charge < -0.3 is 29.9 Å². The lowest BCUT2D eigenvalue weighted by Crippen LogP contribution is -2.70. The van der Waals surface area contributed by atoms with Gasteiger partial charge in [-0.1, -0.05) is 6.92 Å². The van der Waals surface area contributed by atoms with Gasteiger partial charge in [0, 0.05) is 11.8 Å². The lowest BCUT2D eigenvalue weighted by Gasteiger charge is -2.58. The van der Waals surface area contributed by atoms with Gasteiger partial charge in [0.05, 0.1) is 24.7 Å². The van der Waals surface area contributed by atoms with E-state index < -0.39 is 52.9 Å². The SMILES string of the molecule is CC1=C[C@H]2O[C@@H]3C(O)(O)C[C@](C)([C@@]2(CO)[C@H](O)C1=O)[C@]31CO1. The highest BCUT2D eigenvalue weighted by Crippen LogP contribution is 2.72. The highest BCUT2D eigenvalue weighted by molar-refractivity contribution is 6.00. The molecule has 0 aromatic carbocycles. The predicted octanol–water partition coefficient (Wildman–Crippen LogP) is -1.52. The molecule has 0 amide bonds. The van der Waals surface area contributed by atoms with Crippen LogP contribution in [0.2, 0.25) is 0 Å². The van der Waals surface area contributed by atoms with Crippen molar-refractivity contribution >= 4 is 5.78 Å². The summed E-state index contributed by atoms with van der Waals surface area (Å²) in [6.07, 6.45) is -1.81. The lowest BCUT2D eigenvalue weighted by molar-refractivity contribution is -0.272. The third-order valence-electron chi connectivity index (χ3n) is 6.45. The number of epoxide rings is 1. The number of aliphatic hydroxyl groups is 4. The fourth-order valence-corrected chi connectivity index (χ4v) is 5.09. The third-order valence-corrected chi connectivity index (χ3v) is 6.45. The zero-order chi connectivity index (χ0) is 16.1. The van der Waals surface area contributed by atoms with Gasteiger partial charge in [-0.15, -0.1) is 0 Å². The van der Waals surface area contributed by atoms with Crippen LogP contribution in [0.1, 0.15) is 20.3 Å². The van der Waals surface area contributed by atoms with E-state index in [9.17, 15) is 25.2 Å². The lowest BCUT2D eigenvalue weighted by atomic mass is 9.50. The van der Waals surface area contributed by atoms with E-state index in [2.05, 4.69) is 0 Å². The molecule has 0 aromatic rings. The summed E-state index contributed by atoms with van der Waals surface area (Å²) in [5.41, 5.74) is -3.00. The van der Waals surface area contributed by atoms with Gasteiger partial charge in [0.25, 0.3) is 0 Å². The van der Waals surface area contributed by atoms with Gasteiger partial charge in [-0.05, 0) is 18.6 Å². The van der Waals surface area contributed by atoms with Crippen LogP contribution in [-0.4, -0.2) is 69.1 Å². The Bertz CT molecular complexity index is 593. The molecular weight excluding hydrogens is 292 g/mol. The molecule has 3 fully saturated rings. The summed E-state index contributed by atoms with van der Waals surface area (Å²) in [5.74, 6) is -2.60. The Labute approximate surface area is 127 Å². The Kier molecular flexibility index (Phi) is 2.55. The van der Waals surface area contributed by atoms with Crippen LogP contribution in [0, 0.1) is 10.8 Å². The van der Waals surface area contributed by atoms with Crippen LogP contribution in [0.5, 0.6) is 0 Å². The van der Waals surface area contributed by atoms with E-state index in [1.165, 1.54) is 0 Å². The molecule has 2 aliphatic heterocycles. The van der Waals surface area contributed by atoms with Crippen molar-refractivity contribution < 1.29 is 34.7 Å². The second-order valence-electron chi connectivity index (χ2n) is 7.32. The smallest absolute Gasteiger partial charge is 0.193 e. The quantitative estimate of drug-likeness (QED) is 0.343. The molecule has 6 atom stereocenters. The summed E-state index contributed by atoms with van der Waals surface area (Å²) >= 11 is 0. The molecule has 4 N–H and O–H groups in total. The number of aliphatic hydroxyl groups excluding tert-OH is 2. The van der Waals surface area contributed by atoms with Crippen LogP contribution in [0.3, 0.4) is 0 Å². The molecule has 0 radical (unpaired) electrons. The van der Waals surface area contributed by atoms with Crippen molar-refractivity contribution in [3.8, 4) is 0 Å². The minimum absolute atomic E-state index is 0.140. The highest BCUT2D eigenvalue weighted by atomic mass is 16.7. The Morgan fingerprint density at radius 3 is 2.59 bits per heavy atom. The first-order valence-corrected chi connectivity index (χ1v) is 7.42. The number of ketones is 1. The number of ether oxygens (including phenoxy) is 2. The summed E-state index contributed by atoms with van der Waals surface area (Å²) in [6.45, 7) is 3.04. The standard InChI is InChI=1S/C15H20O7/c1-7-3-8-13(5-16,10(18)9(7)17)12(2)4-15(19,20)11(22-8)14(12)6-21-14/h3,8,10-11,16,18-20H,4-6H2,1-2H3/t8-,10-,11+,12-,13-,14+/m1/s1. The molecule has 4 rings (SSSR count). The average molecular weight is 312 g/mol. The van der Waals surface area contributed by atoms with Crippen LogP contribution in [0.15, 0.2) is 11.6 Å². The summed E-state index contributed by atoms with van der Waals surface area (Å²) < 4.78 is 11.4. The molecule has 1 saturated carbocycles. The van der Waals surface area contributed by atoms with Crippen LogP contribution in [0.25, 0.3) is 0 Å². The largest absolute Gasteiger partial charge is 0.396 e. The zero-order valence-electron chi connectivity index (χ0n) is 12.4. The summed E-state index contributed by atoms with van der Waals surface area (Å²) in [4.78, 5) is 12.3. The van der Waals surface area contributed by atoms with Gasteiger partial charge in [0.1, 0.15) is 17.8 Å². The van der Waals surface area contributed by atoms with Crippen molar-refractivity contribution in [3.05, 3.63) is 11.6 Å². The van der Waals surface area contributed by atoms with E-state index in [1.54, 1.807) is 19.9 Å². The van der Waals surface area contributed by atoms with E-state index in [-0.39, 0.29) is 13.0 Å². The number of carbonyl (C=O) groups excluding carboxylic acids is 1. The van der Waals surface area contributed by atoms with Gasteiger partial charge in [-0.25, -0.2) is 0 Å². The number of Topliss-reactive ketones (excluding diaryl/α,β-unsaturated/α-hetero) is 1. The summed E-state index contributed by atoms with van der Waals surface area (Å²) in [7, 11) is 0. The van der Waals surface area contributed by atoms with Gasteiger partial charge in [-0.3, -0.25) is 4.79 Å². The number of hydrogen-bond donors (Lipinski definition) is 4. The molecule has 7 heteroatoms. The van der Waals surface area contributed by atoms with Gasteiger partial charge in [-0.2, -0.15) is 0 Å². The fraction of sp³-hybridized carbons (Fsp3) is 0.800. The first-order valence-electron chi connectivity index (χ1n) is 7.42. The van der Waals surface area contributed by atoms with Crippen molar-refractivity contribution in [2.75, 3.05) is 13.2 Å². The van der Waals surface area contributed by atoms with Crippen molar-refractivity contribution in [1.82, 2.24) is 0 Å².